The SMILES string of the molecule is O=[N+]([O-])c1ccc2c(C(O)(CNCc3ccccc3)C(F)(F)F)cn(Cc3ccccc3)c2c1. The number of hydrogen-bond donors (Lipinski definition) is 2. The summed E-state index contributed by atoms with van der Waals surface area (Å²) in [6.07, 6.45) is -3.76. The van der Waals surface area contributed by atoms with Gasteiger partial charge in [-0.05, 0) is 17.2 Å². The number of non-ortho nitro benzene ring substituents is 1. The summed E-state index contributed by atoms with van der Waals surface area (Å²) >= 11 is 0. The van der Waals surface area contributed by atoms with Crippen LogP contribution in [0.2, 0.25) is 0 Å². The lowest BCUT2D eigenvalue weighted by atomic mass is 9.92. The van der Waals surface area contributed by atoms with Crippen LogP contribution in [-0.4, -0.2) is 27.3 Å². The summed E-state index contributed by atoms with van der Waals surface area (Å²) in [5.74, 6) is 0. The van der Waals surface area contributed by atoms with Gasteiger partial charge in [0.25, 0.3) is 5.69 Å². The summed E-state index contributed by atoms with van der Waals surface area (Å²) in [6, 6.07) is 21.5. The molecule has 0 aliphatic rings. The maximum absolute atomic E-state index is 14.3. The fourth-order valence-corrected chi connectivity index (χ4v) is 3.97. The minimum atomic E-state index is -5.00. The molecule has 34 heavy (non-hydrogen) atoms. The second-order valence-electron chi connectivity index (χ2n) is 8.06. The largest absolute Gasteiger partial charge is 0.422 e. The average molecular weight is 469 g/mol. The average Bonchev–Trinajstić information content (AvgIpc) is 3.17. The van der Waals surface area contributed by atoms with Gasteiger partial charge >= 0.3 is 6.18 Å². The maximum atomic E-state index is 14.3. The van der Waals surface area contributed by atoms with E-state index in [1.165, 1.54) is 22.9 Å². The van der Waals surface area contributed by atoms with E-state index in [0.717, 1.165) is 17.2 Å². The maximum Gasteiger partial charge on any atom is 0.422 e. The van der Waals surface area contributed by atoms with Crippen molar-refractivity contribution in [2.75, 3.05) is 6.54 Å². The van der Waals surface area contributed by atoms with Crippen LogP contribution in [0, 0.1) is 10.1 Å². The number of fused-ring (bicyclic) bond motifs is 1. The molecule has 4 rings (SSSR count). The van der Waals surface area contributed by atoms with Crippen molar-refractivity contribution in [3.05, 3.63) is 112 Å². The zero-order chi connectivity index (χ0) is 24.3. The molecule has 1 heterocycles. The van der Waals surface area contributed by atoms with Gasteiger partial charge in [0.1, 0.15) is 0 Å². The van der Waals surface area contributed by atoms with Crippen LogP contribution in [0.4, 0.5) is 18.9 Å². The Kier molecular flexibility index (Phi) is 6.41. The fraction of sp³-hybridized carbons (Fsp3) is 0.200. The molecule has 0 spiro atoms. The van der Waals surface area contributed by atoms with Crippen molar-refractivity contribution in [3.63, 3.8) is 0 Å². The molecule has 0 saturated heterocycles. The standard InChI is InChI=1S/C25H22F3N3O3/c26-25(27,28)24(32,17-29-14-18-7-3-1-4-8-18)22-16-30(15-19-9-5-2-6-10-19)23-13-20(31(33)34)11-12-21(22)23/h1-13,16,29,32H,14-15,17H2. The van der Waals surface area contributed by atoms with Gasteiger partial charge in [0.15, 0.2) is 5.60 Å². The van der Waals surface area contributed by atoms with Gasteiger partial charge in [-0.3, -0.25) is 10.1 Å². The molecule has 0 fully saturated rings. The van der Waals surface area contributed by atoms with Crippen molar-refractivity contribution in [2.45, 2.75) is 24.9 Å². The smallest absolute Gasteiger partial charge is 0.375 e. The minimum Gasteiger partial charge on any atom is -0.375 e. The number of rotatable bonds is 8. The van der Waals surface area contributed by atoms with E-state index < -0.39 is 23.2 Å². The fourth-order valence-electron chi connectivity index (χ4n) is 3.97. The van der Waals surface area contributed by atoms with Crippen molar-refractivity contribution in [1.82, 2.24) is 9.88 Å². The molecule has 2 N–H and O–H groups in total. The summed E-state index contributed by atoms with van der Waals surface area (Å²) < 4.78 is 44.3. The second kappa shape index (κ2) is 9.28. The summed E-state index contributed by atoms with van der Waals surface area (Å²) in [4.78, 5) is 10.7. The number of nitrogens with zero attached hydrogens (tertiary/aromatic N) is 2. The highest BCUT2D eigenvalue weighted by Crippen LogP contribution is 2.43. The number of halogens is 3. The van der Waals surface area contributed by atoms with Crippen LogP contribution in [0.1, 0.15) is 16.7 Å². The van der Waals surface area contributed by atoms with E-state index >= 15 is 0 Å². The molecule has 1 unspecified atom stereocenters. The zero-order valence-electron chi connectivity index (χ0n) is 18.0. The van der Waals surface area contributed by atoms with Crippen LogP contribution >= 0.6 is 0 Å². The van der Waals surface area contributed by atoms with E-state index in [-0.39, 0.29) is 35.2 Å². The van der Waals surface area contributed by atoms with E-state index in [1.54, 1.807) is 54.6 Å². The first kappa shape index (κ1) is 23.5. The molecule has 0 aliphatic carbocycles. The molecule has 9 heteroatoms. The number of benzene rings is 3. The van der Waals surface area contributed by atoms with Crippen LogP contribution in [0.5, 0.6) is 0 Å². The third-order valence-corrected chi connectivity index (χ3v) is 5.74. The predicted molar refractivity (Wildman–Crippen MR) is 122 cm³/mol. The molecule has 0 bridgehead atoms. The first-order chi connectivity index (χ1) is 16.2. The monoisotopic (exact) mass is 469 g/mol. The Morgan fingerprint density at radius 2 is 1.56 bits per heavy atom. The molecule has 0 aliphatic heterocycles. The Hall–Kier alpha value is -3.69. The zero-order valence-corrected chi connectivity index (χ0v) is 18.0. The van der Waals surface area contributed by atoms with Crippen molar-refractivity contribution in [3.8, 4) is 0 Å². The molecule has 3 aromatic carbocycles. The lowest BCUT2D eigenvalue weighted by Gasteiger charge is -2.31. The minimum absolute atomic E-state index is 0.0999. The highest BCUT2D eigenvalue weighted by atomic mass is 19.4. The lowest BCUT2D eigenvalue weighted by Crippen LogP contribution is -2.49. The Labute approximate surface area is 193 Å². The van der Waals surface area contributed by atoms with Crippen molar-refractivity contribution >= 4 is 16.6 Å². The Bertz CT molecular complexity index is 1290. The van der Waals surface area contributed by atoms with Gasteiger partial charge in [0.05, 0.1) is 10.4 Å². The molecule has 6 nitrogen and oxygen atoms in total. The molecule has 1 aromatic heterocycles. The Balaban J connectivity index is 1.78. The molecular formula is C25H22F3N3O3. The molecular weight excluding hydrogens is 447 g/mol. The molecule has 1 atom stereocenters. The number of nitrogens with one attached hydrogen (secondary N) is 1. The van der Waals surface area contributed by atoms with Crippen molar-refractivity contribution in [1.29, 1.82) is 0 Å². The lowest BCUT2D eigenvalue weighted by molar-refractivity contribution is -0.384. The molecule has 176 valence electrons. The second-order valence-corrected chi connectivity index (χ2v) is 8.06. The van der Waals surface area contributed by atoms with Gasteiger partial charge in [-0.2, -0.15) is 13.2 Å². The first-order valence-electron chi connectivity index (χ1n) is 10.5. The van der Waals surface area contributed by atoms with Gasteiger partial charge in [0, 0.05) is 48.9 Å². The van der Waals surface area contributed by atoms with Crippen LogP contribution in [0.25, 0.3) is 10.9 Å². The Morgan fingerprint density at radius 3 is 2.15 bits per heavy atom. The van der Waals surface area contributed by atoms with E-state index in [1.807, 2.05) is 6.07 Å². The number of nitro groups is 1. The normalized spacial score (nSPS) is 13.6. The van der Waals surface area contributed by atoms with E-state index in [9.17, 15) is 28.4 Å². The van der Waals surface area contributed by atoms with Gasteiger partial charge < -0.3 is 15.0 Å². The van der Waals surface area contributed by atoms with Gasteiger partial charge in [-0.25, -0.2) is 0 Å². The van der Waals surface area contributed by atoms with Crippen LogP contribution < -0.4 is 5.32 Å². The van der Waals surface area contributed by atoms with Gasteiger partial charge in [-0.15, -0.1) is 0 Å². The number of alkyl halides is 3. The highest BCUT2D eigenvalue weighted by molar-refractivity contribution is 5.87. The number of aliphatic hydroxyl groups is 1. The van der Waals surface area contributed by atoms with E-state index in [0.29, 0.717) is 0 Å². The first-order valence-corrected chi connectivity index (χ1v) is 10.5. The van der Waals surface area contributed by atoms with Gasteiger partial charge in [-0.1, -0.05) is 60.7 Å². The third kappa shape index (κ3) is 4.66. The van der Waals surface area contributed by atoms with Gasteiger partial charge in [0.2, 0.25) is 0 Å². The van der Waals surface area contributed by atoms with E-state index in [2.05, 4.69) is 5.32 Å². The Morgan fingerprint density at radius 1 is 0.941 bits per heavy atom. The van der Waals surface area contributed by atoms with Crippen LogP contribution in [0.15, 0.2) is 85.1 Å². The molecule has 0 amide bonds. The molecule has 0 radical (unpaired) electrons. The van der Waals surface area contributed by atoms with E-state index in [4.69, 9.17) is 0 Å². The summed E-state index contributed by atoms with van der Waals surface area (Å²) in [7, 11) is 0. The van der Waals surface area contributed by atoms with Crippen LogP contribution in [0.3, 0.4) is 0 Å². The number of hydrogen-bond acceptors (Lipinski definition) is 4. The number of aromatic nitrogens is 1. The predicted octanol–water partition coefficient (Wildman–Crippen LogP) is 5.14. The van der Waals surface area contributed by atoms with Crippen LogP contribution in [-0.2, 0) is 18.7 Å². The molecule has 0 saturated carbocycles. The third-order valence-electron chi connectivity index (χ3n) is 5.74. The topological polar surface area (TPSA) is 80.3 Å². The quantitative estimate of drug-likeness (QED) is 0.277. The summed E-state index contributed by atoms with van der Waals surface area (Å²) in [5, 5.41) is 25.1. The molecule has 4 aromatic rings. The van der Waals surface area contributed by atoms with Crippen molar-refractivity contribution in [2.24, 2.45) is 0 Å². The van der Waals surface area contributed by atoms with Crippen molar-refractivity contribution < 1.29 is 23.2 Å². The highest BCUT2D eigenvalue weighted by Gasteiger charge is 2.56. The summed E-state index contributed by atoms with van der Waals surface area (Å²) in [6.45, 7) is -0.468. The summed E-state index contributed by atoms with van der Waals surface area (Å²) in [5.41, 5.74) is -2.01. The number of nitro benzene ring substituents is 1.